The van der Waals surface area contributed by atoms with Crippen LogP contribution in [0.15, 0.2) is 41.4 Å². The minimum absolute atomic E-state index is 0.0249. The number of carbonyl (C=O) groups excluding carboxylic acids is 1. The molecule has 7 nitrogen and oxygen atoms in total. The summed E-state index contributed by atoms with van der Waals surface area (Å²) >= 11 is 0. The third-order valence-electron chi connectivity index (χ3n) is 3.99. The average molecular weight is 363 g/mol. The van der Waals surface area contributed by atoms with Gasteiger partial charge in [0.25, 0.3) is 15.9 Å². The fourth-order valence-electron chi connectivity index (χ4n) is 2.77. The summed E-state index contributed by atoms with van der Waals surface area (Å²) in [5.41, 5.74) is 0.685. The minimum Gasteiger partial charge on any atom is -0.494 e. The number of hydrogen-bond acceptors (Lipinski definition) is 4. The Labute approximate surface area is 147 Å². The number of nitrogens with one attached hydrogen (secondary N) is 2. The lowest BCUT2D eigenvalue weighted by Crippen LogP contribution is -2.27. The van der Waals surface area contributed by atoms with Crippen molar-refractivity contribution in [1.82, 2.24) is 9.88 Å². The molecule has 0 atom stereocenters. The number of anilines is 1. The molecule has 1 aromatic carbocycles. The third kappa shape index (κ3) is 3.96. The normalized spacial score (nSPS) is 14.5. The van der Waals surface area contributed by atoms with E-state index in [0.29, 0.717) is 31.1 Å². The van der Waals surface area contributed by atoms with E-state index in [2.05, 4.69) is 9.71 Å². The quantitative estimate of drug-likeness (QED) is 0.825. The van der Waals surface area contributed by atoms with Gasteiger partial charge in [-0.05, 0) is 38.0 Å². The molecular formula is C17H21N3O4S. The van der Waals surface area contributed by atoms with Crippen LogP contribution in [0, 0.1) is 0 Å². The van der Waals surface area contributed by atoms with Gasteiger partial charge in [-0.15, -0.1) is 0 Å². The van der Waals surface area contributed by atoms with Gasteiger partial charge in [-0.1, -0.05) is 6.07 Å². The molecule has 0 saturated carbocycles. The molecule has 1 aliphatic rings. The van der Waals surface area contributed by atoms with Crippen LogP contribution >= 0.6 is 0 Å². The number of sulfonamides is 1. The molecule has 3 rings (SSSR count). The van der Waals surface area contributed by atoms with Crippen molar-refractivity contribution < 1.29 is 17.9 Å². The summed E-state index contributed by atoms with van der Waals surface area (Å²) in [4.78, 5) is 16.8. The number of carbonyl (C=O) groups is 1. The molecule has 8 heteroatoms. The molecule has 1 fully saturated rings. The van der Waals surface area contributed by atoms with Crippen molar-refractivity contribution in [2.24, 2.45) is 0 Å². The predicted molar refractivity (Wildman–Crippen MR) is 94.3 cm³/mol. The Morgan fingerprint density at radius 3 is 2.76 bits per heavy atom. The van der Waals surface area contributed by atoms with E-state index in [-0.39, 0.29) is 16.5 Å². The van der Waals surface area contributed by atoms with Crippen LogP contribution in [0.4, 0.5) is 5.69 Å². The highest BCUT2D eigenvalue weighted by atomic mass is 32.2. The molecule has 1 aliphatic heterocycles. The Morgan fingerprint density at radius 1 is 1.28 bits per heavy atom. The van der Waals surface area contributed by atoms with Gasteiger partial charge in [0.2, 0.25) is 0 Å². The molecule has 2 N–H and O–H groups in total. The molecule has 0 aliphatic carbocycles. The van der Waals surface area contributed by atoms with Crippen molar-refractivity contribution in [3.8, 4) is 5.75 Å². The molecule has 0 bridgehead atoms. The molecule has 2 heterocycles. The third-order valence-corrected chi connectivity index (χ3v) is 5.35. The Bertz CT molecular complexity index is 854. The monoisotopic (exact) mass is 363 g/mol. The number of rotatable bonds is 6. The molecule has 0 unspecified atom stereocenters. The lowest BCUT2D eigenvalue weighted by molar-refractivity contribution is 0.0787. The summed E-state index contributed by atoms with van der Waals surface area (Å²) in [5, 5.41) is 0. The number of amides is 1. The van der Waals surface area contributed by atoms with Gasteiger partial charge in [0, 0.05) is 25.4 Å². The smallest absolute Gasteiger partial charge is 0.270 e. The molecular weight excluding hydrogens is 342 g/mol. The van der Waals surface area contributed by atoms with Crippen LogP contribution in [0.25, 0.3) is 0 Å². The van der Waals surface area contributed by atoms with Gasteiger partial charge < -0.3 is 14.6 Å². The second-order valence-electron chi connectivity index (χ2n) is 5.81. The Morgan fingerprint density at radius 2 is 2.04 bits per heavy atom. The first-order valence-electron chi connectivity index (χ1n) is 8.23. The van der Waals surface area contributed by atoms with Crippen LogP contribution in [-0.4, -0.2) is 43.9 Å². The summed E-state index contributed by atoms with van der Waals surface area (Å²) in [6.45, 7) is 3.77. The van der Waals surface area contributed by atoms with Gasteiger partial charge in [-0.3, -0.25) is 9.52 Å². The van der Waals surface area contributed by atoms with Gasteiger partial charge in [0.05, 0.1) is 12.3 Å². The molecule has 1 amide bonds. The molecule has 1 aromatic heterocycles. The highest BCUT2D eigenvalue weighted by molar-refractivity contribution is 7.92. The average Bonchev–Trinajstić information content (AvgIpc) is 3.27. The van der Waals surface area contributed by atoms with E-state index in [1.54, 1.807) is 29.2 Å². The van der Waals surface area contributed by atoms with Gasteiger partial charge in [0.15, 0.2) is 0 Å². The Hall–Kier alpha value is -2.48. The zero-order chi connectivity index (χ0) is 17.9. The predicted octanol–water partition coefficient (Wildman–Crippen LogP) is 2.45. The largest absolute Gasteiger partial charge is 0.494 e. The number of aromatic amines is 1. The first kappa shape index (κ1) is 17.3. The first-order valence-corrected chi connectivity index (χ1v) is 9.71. The van der Waals surface area contributed by atoms with E-state index >= 15 is 0 Å². The fourth-order valence-corrected chi connectivity index (χ4v) is 3.82. The number of hydrogen-bond donors (Lipinski definition) is 2. The van der Waals surface area contributed by atoms with E-state index in [0.717, 1.165) is 12.8 Å². The highest BCUT2D eigenvalue weighted by Crippen LogP contribution is 2.22. The van der Waals surface area contributed by atoms with Gasteiger partial charge in [-0.25, -0.2) is 8.42 Å². The maximum atomic E-state index is 12.5. The molecule has 25 heavy (non-hydrogen) atoms. The SMILES string of the molecule is CCOc1cccc(NS(=O)(=O)c2c[nH]c(C(=O)N3CCCC3)c2)c1. The topological polar surface area (TPSA) is 91.5 Å². The molecule has 2 aromatic rings. The van der Waals surface area contributed by atoms with Crippen molar-refractivity contribution in [3.63, 3.8) is 0 Å². The van der Waals surface area contributed by atoms with Crippen molar-refractivity contribution in [2.75, 3.05) is 24.4 Å². The van der Waals surface area contributed by atoms with Crippen molar-refractivity contribution in [1.29, 1.82) is 0 Å². The zero-order valence-corrected chi connectivity index (χ0v) is 14.8. The van der Waals surface area contributed by atoms with E-state index in [1.807, 2.05) is 6.92 Å². The molecule has 1 saturated heterocycles. The van der Waals surface area contributed by atoms with E-state index in [1.165, 1.54) is 12.3 Å². The van der Waals surface area contributed by atoms with Gasteiger partial charge in [-0.2, -0.15) is 0 Å². The summed E-state index contributed by atoms with van der Waals surface area (Å²) < 4.78 is 32.9. The van der Waals surface area contributed by atoms with Crippen LogP contribution < -0.4 is 9.46 Å². The first-order chi connectivity index (χ1) is 12.0. The lowest BCUT2D eigenvalue weighted by atomic mass is 10.3. The van der Waals surface area contributed by atoms with Gasteiger partial charge in [0.1, 0.15) is 16.3 Å². The maximum Gasteiger partial charge on any atom is 0.270 e. The number of aromatic nitrogens is 1. The van der Waals surface area contributed by atoms with Crippen LogP contribution in [-0.2, 0) is 10.0 Å². The van der Waals surface area contributed by atoms with Crippen LogP contribution in [0.5, 0.6) is 5.75 Å². The number of H-pyrrole nitrogens is 1. The molecule has 0 radical (unpaired) electrons. The van der Waals surface area contributed by atoms with E-state index in [4.69, 9.17) is 4.74 Å². The Kier molecular flexibility index (Phi) is 4.98. The fraction of sp³-hybridized carbons (Fsp3) is 0.353. The summed E-state index contributed by atoms with van der Waals surface area (Å²) in [6.07, 6.45) is 3.29. The van der Waals surface area contributed by atoms with Crippen molar-refractivity contribution >= 4 is 21.6 Å². The van der Waals surface area contributed by atoms with E-state index < -0.39 is 10.0 Å². The van der Waals surface area contributed by atoms with Crippen molar-refractivity contribution in [3.05, 3.63) is 42.2 Å². The summed E-state index contributed by atoms with van der Waals surface area (Å²) in [6, 6.07) is 8.09. The van der Waals surface area contributed by atoms with Crippen LogP contribution in [0.3, 0.4) is 0 Å². The van der Waals surface area contributed by atoms with Crippen LogP contribution in [0.1, 0.15) is 30.3 Å². The standard InChI is InChI=1S/C17H21N3O4S/c1-2-24-14-7-5-6-13(10-14)19-25(22,23)15-11-16(18-12-15)17(21)20-8-3-4-9-20/h5-7,10-12,18-19H,2-4,8-9H2,1H3. The summed E-state index contributed by atoms with van der Waals surface area (Å²) in [7, 11) is -3.79. The molecule has 134 valence electrons. The van der Waals surface area contributed by atoms with Crippen LogP contribution in [0.2, 0.25) is 0 Å². The van der Waals surface area contributed by atoms with Gasteiger partial charge >= 0.3 is 0 Å². The number of ether oxygens (including phenoxy) is 1. The summed E-state index contributed by atoms with van der Waals surface area (Å²) in [5.74, 6) is 0.416. The van der Waals surface area contributed by atoms with E-state index in [9.17, 15) is 13.2 Å². The Balaban J connectivity index is 1.76. The second-order valence-corrected chi connectivity index (χ2v) is 7.50. The maximum absolute atomic E-state index is 12.5. The second kappa shape index (κ2) is 7.18. The highest BCUT2D eigenvalue weighted by Gasteiger charge is 2.23. The minimum atomic E-state index is -3.79. The lowest BCUT2D eigenvalue weighted by Gasteiger charge is -2.13. The number of benzene rings is 1. The van der Waals surface area contributed by atoms with Crippen molar-refractivity contribution in [2.45, 2.75) is 24.7 Å². The number of likely N-dealkylation sites (tertiary alicyclic amines) is 1. The zero-order valence-electron chi connectivity index (χ0n) is 14.0. The number of nitrogens with zero attached hydrogens (tertiary/aromatic N) is 1. The molecule has 0 spiro atoms.